The van der Waals surface area contributed by atoms with Crippen LogP contribution in [-0.2, 0) is 11.3 Å². The third-order valence-electron chi connectivity index (χ3n) is 8.25. The number of carbonyl (C=O) groups is 3. The zero-order valence-corrected chi connectivity index (χ0v) is 25.1. The molecule has 0 saturated carbocycles. The Bertz CT molecular complexity index is 1670. The molecule has 2 saturated heterocycles. The first-order chi connectivity index (χ1) is 21.8. The molecule has 2 aromatic heterocycles. The Morgan fingerprint density at radius 2 is 1.69 bits per heavy atom. The number of imide groups is 1. The Kier molecular flexibility index (Phi) is 8.70. The van der Waals surface area contributed by atoms with E-state index in [0.717, 1.165) is 48.8 Å². The molecule has 0 bridgehead atoms. The Morgan fingerprint density at radius 1 is 0.956 bits per heavy atom. The van der Waals surface area contributed by atoms with Gasteiger partial charge in [-0.05, 0) is 80.6 Å². The molecule has 2 aromatic carbocycles. The summed E-state index contributed by atoms with van der Waals surface area (Å²) < 4.78 is 5.92. The first-order valence-corrected chi connectivity index (χ1v) is 15.0. The number of amides is 4. The van der Waals surface area contributed by atoms with E-state index < -0.39 is 11.9 Å². The number of aromatic nitrogens is 2. The highest BCUT2D eigenvalue weighted by Gasteiger charge is 2.26. The quantitative estimate of drug-likeness (QED) is 0.283. The lowest BCUT2D eigenvalue weighted by Gasteiger charge is -2.37. The number of hydrogen-bond acceptors (Lipinski definition) is 8. The molecule has 2 aliphatic heterocycles. The van der Waals surface area contributed by atoms with Crippen molar-refractivity contribution < 1.29 is 19.1 Å². The second-order valence-electron chi connectivity index (χ2n) is 11.3. The Hall–Kier alpha value is -5.29. The van der Waals surface area contributed by atoms with Crippen molar-refractivity contribution in [2.45, 2.75) is 31.8 Å². The molecule has 11 heteroatoms. The minimum Gasteiger partial charge on any atom is -0.457 e. The van der Waals surface area contributed by atoms with Gasteiger partial charge in [0, 0.05) is 44.2 Å². The number of nitrogens with two attached hydrogens (primary N) is 1. The van der Waals surface area contributed by atoms with Crippen LogP contribution in [0.5, 0.6) is 11.5 Å². The van der Waals surface area contributed by atoms with Crippen molar-refractivity contribution in [3.8, 4) is 22.8 Å². The molecule has 0 spiro atoms. The monoisotopic (exact) mass is 605 g/mol. The molecule has 3 N–H and O–H groups in total. The summed E-state index contributed by atoms with van der Waals surface area (Å²) in [7, 11) is 2.10. The number of pyridine rings is 2. The Balaban J connectivity index is 1.08. The standard InChI is InChI=1S/C34H35N7O4/c1-39(22-24-9-10-26(21-36-24)41-20-17-31(42)38-34(41)44)25-15-18-40(19-16-25)30-14-13-29(33(35)43)32(37-30)23-7-11-28(12-8-23)45-27-5-3-2-4-6-27/h2-14,21,25H,15-20,22H2,1H3,(H2,35,43)(H,38,42,44). The molecule has 45 heavy (non-hydrogen) atoms. The van der Waals surface area contributed by atoms with Crippen LogP contribution in [0.3, 0.4) is 0 Å². The van der Waals surface area contributed by atoms with Gasteiger partial charge < -0.3 is 15.4 Å². The Labute approximate surface area is 261 Å². The van der Waals surface area contributed by atoms with E-state index in [9.17, 15) is 14.4 Å². The number of benzene rings is 2. The van der Waals surface area contributed by atoms with Crippen LogP contribution in [0.1, 0.15) is 35.3 Å². The zero-order valence-electron chi connectivity index (χ0n) is 25.1. The highest BCUT2D eigenvalue weighted by molar-refractivity contribution is 6.05. The highest BCUT2D eigenvalue weighted by Crippen LogP contribution is 2.30. The molecule has 230 valence electrons. The van der Waals surface area contributed by atoms with Gasteiger partial charge in [-0.25, -0.2) is 9.78 Å². The van der Waals surface area contributed by atoms with Gasteiger partial charge in [-0.15, -0.1) is 0 Å². The predicted molar refractivity (Wildman–Crippen MR) is 171 cm³/mol. The SMILES string of the molecule is CN(Cc1ccc(N2CCC(=O)NC2=O)cn1)C1CCN(c2ccc(C(N)=O)c(-c3ccc(Oc4ccccc4)cc3)n2)CC1. The molecular formula is C34H35N7O4. The van der Waals surface area contributed by atoms with Crippen molar-refractivity contribution in [3.63, 3.8) is 0 Å². The van der Waals surface area contributed by atoms with Gasteiger partial charge in [0.05, 0.1) is 28.8 Å². The molecule has 2 fully saturated rings. The highest BCUT2D eigenvalue weighted by atomic mass is 16.5. The van der Waals surface area contributed by atoms with Crippen molar-refractivity contribution in [1.29, 1.82) is 0 Å². The fourth-order valence-electron chi connectivity index (χ4n) is 5.75. The number of rotatable bonds is 9. The third kappa shape index (κ3) is 6.94. The van der Waals surface area contributed by atoms with E-state index in [1.165, 1.54) is 4.90 Å². The number of urea groups is 1. The van der Waals surface area contributed by atoms with E-state index in [1.54, 1.807) is 12.3 Å². The van der Waals surface area contributed by atoms with Gasteiger partial charge in [-0.1, -0.05) is 18.2 Å². The topological polar surface area (TPSA) is 134 Å². The molecule has 4 aromatic rings. The minimum atomic E-state index is -0.523. The maximum atomic E-state index is 12.3. The largest absolute Gasteiger partial charge is 0.457 e. The van der Waals surface area contributed by atoms with Gasteiger partial charge in [0.1, 0.15) is 17.3 Å². The van der Waals surface area contributed by atoms with Gasteiger partial charge in [0.2, 0.25) is 5.91 Å². The summed E-state index contributed by atoms with van der Waals surface area (Å²) in [5, 5.41) is 2.34. The number of hydrogen-bond donors (Lipinski definition) is 2. The van der Waals surface area contributed by atoms with Crippen LogP contribution in [-0.4, -0.2) is 65.4 Å². The number of ether oxygens (including phenoxy) is 1. The molecule has 11 nitrogen and oxygen atoms in total. The average Bonchev–Trinajstić information content (AvgIpc) is 3.06. The van der Waals surface area contributed by atoms with E-state index in [4.69, 9.17) is 15.5 Å². The first kappa shape index (κ1) is 29.8. The smallest absolute Gasteiger partial charge is 0.328 e. The molecule has 0 atom stereocenters. The van der Waals surface area contributed by atoms with Crippen LogP contribution < -0.4 is 25.6 Å². The zero-order chi connectivity index (χ0) is 31.3. The van der Waals surface area contributed by atoms with E-state index >= 15 is 0 Å². The number of nitrogens with one attached hydrogen (secondary N) is 1. The van der Waals surface area contributed by atoms with E-state index in [-0.39, 0.29) is 12.3 Å². The summed E-state index contributed by atoms with van der Waals surface area (Å²) >= 11 is 0. The predicted octanol–water partition coefficient (Wildman–Crippen LogP) is 4.58. The van der Waals surface area contributed by atoms with E-state index in [1.807, 2.05) is 72.8 Å². The Morgan fingerprint density at radius 3 is 2.36 bits per heavy atom. The first-order valence-electron chi connectivity index (χ1n) is 15.0. The van der Waals surface area contributed by atoms with Crippen LogP contribution in [0.4, 0.5) is 16.3 Å². The lowest BCUT2D eigenvalue weighted by atomic mass is 10.0. The van der Waals surface area contributed by atoms with Gasteiger partial charge in [-0.3, -0.25) is 29.7 Å². The normalized spacial score (nSPS) is 15.7. The van der Waals surface area contributed by atoms with Crippen molar-refractivity contribution in [2.75, 3.05) is 36.5 Å². The molecule has 4 heterocycles. The number of carbonyl (C=O) groups excluding carboxylic acids is 3. The summed E-state index contributed by atoms with van der Waals surface area (Å²) in [5.74, 6) is 1.46. The molecule has 2 aliphatic rings. The fourth-order valence-corrected chi connectivity index (χ4v) is 5.75. The maximum Gasteiger partial charge on any atom is 0.328 e. The van der Waals surface area contributed by atoms with Gasteiger partial charge in [0.15, 0.2) is 0 Å². The van der Waals surface area contributed by atoms with Crippen LogP contribution in [0.15, 0.2) is 85.1 Å². The van der Waals surface area contributed by atoms with Crippen LogP contribution in [0.25, 0.3) is 11.3 Å². The molecule has 0 unspecified atom stereocenters. The van der Waals surface area contributed by atoms with Crippen LogP contribution in [0.2, 0.25) is 0 Å². The average molecular weight is 606 g/mol. The van der Waals surface area contributed by atoms with Crippen molar-refractivity contribution in [2.24, 2.45) is 5.73 Å². The minimum absolute atomic E-state index is 0.257. The van der Waals surface area contributed by atoms with Crippen molar-refractivity contribution in [1.82, 2.24) is 20.2 Å². The van der Waals surface area contributed by atoms with Crippen molar-refractivity contribution in [3.05, 3.63) is 96.3 Å². The molecule has 4 amide bonds. The van der Waals surface area contributed by atoms with Crippen LogP contribution in [0, 0.1) is 0 Å². The second kappa shape index (κ2) is 13.1. The van der Waals surface area contributed by atoms with E-state index in [2.05, 4.69) is 27.1 Å². The molecule has 6 rings (SSSR count). The van der Waals surface area contributed by atoms with Gasteiger partial charge in [-0.2, -0.15) is 0 Å². The van der Waals surface area contributed by atoms with E-state index in [0.29, 0.717) is 41.8 Å². The fraction of sp³-hybridized carbons (Fsp3) is 0.265. The number of piperidine rings is 1. The number of nitrogens with zero attached hydrogens (tertiary/aromatic N) is 5. The third-order valence-corrected chi connectivity index (χ3v) is 8.25. The molecule has 0 aliphatic carbocycles. The number of para-hydroxylation sites is 1. The number of anilines is 2. The summed E-state index contributed by atoms with van der Waals surface area (Å²) in [5.41, 5.74) is 9.01. The lowest BCUT2D eigenvalue weighted by Crippen LogP contribution is -2.49. The summed E-state index contributed by atoms with van der Waals surface area (Å²) in [6.07, 6.45) is 3.84. The number of primary amides is 1. The lowest BCUT2D eigenvalue weighted by molar-refractivity contribution is -0.120. The van der Waals surface area contributed by atoms with Crippen LogP contribution >= 0.6 is 0 Å². The van der Waals surface area contributed by atoms with Gasteiger partial charge >= 0.3 is 6.03 Å². The summed E-state index contributed by atoms with van der Waals surface area (Å²) in [6.45, 7) is 2.66. The molecular weight excluding hydrogens is 570 g/mol. The second-order valence-corrected chi connectivity index (χ2v) is 11.3. The molecule has 0 radical (unpaired) electrons. The summed E-state index contributed by atoms with van der Waals surface area (Å²) in [6, 6.07) is 24.4. The summed E-state index contributed by atoms with van der Waals surface area (Å²) in [4.78, 5) is 51.4. The maximum absolute atomic E-state index is 12.3. The van der Waals surface area contributed by atoms with Gasteiger partial charge in [0.25, 0.3) is 5.91 Å². The van der Waals surface area contributed by atoms with Crippen molar-refractivity contribution >= 4 is 29.4 Å².